The first-order valence-electron chi connectivity index (χ1n) is 6.52. The van der Waals surface area contributed by atoms with Crippen molar-refractivity contribution in [2.45, 2.75) is 74.7 Å². The van der Waals surface area contributed by atoms with Gasteiger partial charge in [0.15, 0.2) is 0 Å². The van der Waals surface area contributed by atoms with Crippen LogP contribution in [-0.2, 0) is 0 Å². The Hall–Kier alpha value is -0.260. The van der Waals surface area contributed by atoms with Crippen molar-refractivity contribution in [3.05, 3.63) is 11.1 Å². The molecule has 1 rings (SSSR count). The molecular weight excluding hydrogens is 180 g/mol. The summed E-state index contributed by atoms with van der Waals surface area (Å²) >= 11 is 0. The molecule has 0 heterocycles. The Morgan fingerprint density at radius 3 is 1.80 bits per heavy atom. The molecule has 0 aromatic carbocycles. The summed E-state index contributed by atoms with van der Waals surface area (Å²) in [7, 11) is 0. The van der Waals surface area contributed by atoms with Crippen molar-refractivity contribution < 1.29 is 0 Å². The molecule has 1 unspecified atom stereocenters. The third-order valence-electron chi connectivity index (χ3n) is 4.57. The molecule has 0 aromatic heterocycles. The lowest BCUT2D eigenvalue weighted by atomic mass is 9.62. The molecule has 1 aliphatic carbocycles. The summed E-state index contributed by atoms with van der Waals surface area (Å²) in [5.74, 6) is 0. The molecule has 0 aromatic rings. The molecule has 15 heavy (non-hydrogen) atoms. The van der Waals surface area contributed by atoms with Crippen molar-refractivity contribution in [1.82, 2.24) is 0 Å². The average molecular weight is 210 g/mol. The van der Waals surface area contributed by atoms with Crippen molar-refractivity contribution in [3.8, 4) is 0 Å². The van der Waals surface area contributed by atoms with E-state index in [1.54, 1.807) is 11.1 Å². The number of rotatable bonds is 1. The molecule has 0 spiro atoms. The number of hydrogen-bond acceptors (Lipinski definition) is 0. The van der Waals surface area contributed by atoms with Gasteiger partial charge in [0, 0.05) is 0 Å². The fourth-order valence-corrected chi connectivity index (χ4v) is 2.37. The van der Waals surface area contributed by atoms with Crippen LogP contribution in [0.3, 0.4) is 0 Å². The second-order valence-corrected chi connectivity index (χ2v) is 5.55. The van der Waals surface area contributed by atoms with Gasteiger partial charge in [0.2, 0.25) is 0 Å². The largest absolute Gasteiger partial charge is 0.0683 e. The van der Waals surface area contributed by atoms with Crippen molar-refractivity contribution in [3.63, 3.8) is 0 Å². The van der Waals surface area contributed by atoms with Gasteiger partial charge in [0.25, 0.3) is 0 Å². The fourth-order valence-electron chi connectivity index (χ4n) is 2.37. The standard InChI is InChI=1S/C13H24.C2H6/c1-7-13(6)9-8-12(4,5)10(2)11(13)3;1-2/h7-9H2,1-6H3;1-2H3. The second kappa shape index (κ2) is 5.18. The lowest BCUT2D eigenvalue weighted by molar-refractivity contribution is 0.237. The van der Waals surface area contributed by atoms with Gasteiger partial charge in [-0.2, -0.15) is 0 Å². The maximum Gasteiger partial charge on any atom is -0.0119 e. The molecule has 0 heteroatoms. The summed E-state index contributed by atoms with van der Waals surface area (Å²) in [6.45, 7) is 18.1. The maximum atomic E-state index is 2.42. The Bertz CT molecular complexity index is 232. The Labute approximate surface area is 97.2 Å². The predicted molar refractivity (Wildman–Crippen MR) is 71.1 cm³/mol. The van der Waals surface area contributed by atoms with Crippen LogP contribution in [0, 0.1) is 10.8 Å². The Morgan fingerprint density at radius 2 is 1.40 bits per heavy atom. The minimum Gasteiger partial charge on any atom is -0.0683 e. The van der Waals surface area contributed by atoms with E-state index < -0.39 is 0 Å². The molecule has 90 valence electrons. The molecule has 0 aliphatic heterocycles. The SMILES string of the molecule is CC.CCC1(C)CCC(C)(C)C(C)=C1C. The van der Waals surface area contributed by atoms with Gasteiger partial charge in [-0.1, -0.05) is 52.7 Å². The summed E-state index contributed by atoms with van der Waals surface area (Å²) in [5, 5.41) is 0. The Kier molecular flexibility index (Phi) is 5.09. The minimum absolute atomic E-state index is 0.443. The highest BCUT2D eigenvalue weighted by atomic mass is 14.4. The van der Waals surface area contributed by atoms with Crippen molar-refractivity contribution in [2.24, 2.45) is 10.8 Å². The van der Waals surface area contributed by atoms with E-state index in [-0.39, 0.29) is 0 Å². The van der Waals surface area contributed by atoms with Gasteiger partial charge in [0.1, 0.15) is 0 Å². The zero-order chi connectivity index (χ0) is 12.3. The molecular formula is C15H30. The van der Waals surface area contributed by atoms with Crippen molar-refractivity contribution >= 4 is 0 Å². The number of allylic oxidation sites excluding steroid dienone is 2. The van der Waals surface area contributed by atoms with Crippen LogP contribution < -0.4 is 0 Å². The third kappa shape index (κ3) is 2.86. The van der Waals surface area contributed by atoms with Crippen LogP contribution in [0.1, 0.15) is 74.7 Å². The molecule has 0 saturated carbocycles. The zero-order valence-electron chi connectivity index (χ0n) is 12.1. The second-order valence-electron chi connectivity index (χ2n) is 5.55. The Morgan fingerprint density at radius 1 is 0.933 bits per heavy atom. The molecule has 0 N–H and O–H groups in total. The van der Waals surface area contributed by atoms with E-state index in [1.165, 1.54) is 19.3 Å². The normalized spacial score (nSPS) is 29.6. The van der Waals surface area contributed by atoms with Gasteiger partial charge in [-0.25, -0.2) is 0 Å². The average Bonchev–Trinajstić information content (AvgIpc) is 2.25. The lowest BCUT2D eigenvalue weighted by Gasteiger charge is -2.43. The predicted octanol–water partition coefficient (Wildman–Crippen LogP) is 5.59. The topological polar surface area (TPSA) is 0 Å². The summed E-state index contributed by atoms with van der Waals surface area (Å²) in [4.78, 5) is 0. The summed E-state index contributed by atoms with van der Waals surface area (Å²) in [6, 6.07) is 0. The van der Waals surface area contributed by atoms with Crippen LogP contribution in [0.4, 0.5) is 0 Å². The maximum absolute atomic E-state index is 2.42. The summed E-state index contributed by atoms with van der Waals surface area (Å²) < 4.78 is 0. The highest BCUT2D eigenvalue weighted by molar-refractivity contribution is 5.26. The van der Waals surface area contributed by atoms with E-state index in [4.69, 9.17) is 0 Å². The molecule has 0 bridgehead atoms. The smallest absolute Gasteiger partial charge is 0.0119 e. The third-order valence-corrected chi connectivity index (χ3v) is 4.57. The van der Waals surface area contributed by atoms with Gasteiger partial charge in [0.05, 0.1) is 0 Å². The van der Waals surface area contributed by atoms with Gasteiger partial charge in [-0.15, -0.1) is 0 Å². The van der Waals surface area contributed by atoms with Crippen LogP contribution in [0.15, 0.2) is 11.1 Å². The highest BCUT2D eigenvalue weighted by Gasteiger charge is 2.36. The van der Waals surface area contributed by atoms with Gasteiger partial charge >= 0.3 is 0 Å². The minimum atomic E-state index is 0.443. The van der Waals surface area contributed by atoms with Gasteiger partial charge < -0.3 is 0 Å². The molecule has 1 atom stereocenters. The molecule has 0 saturated heterocycles. The molecule has 0 amide bonds. The first-order valence-corrected chi connectivity index (χ1v) is 6.52. The van der Waals surface area contributed by atoms with E-state index >= 15 is 0 Å². The van der Waals surface area contributed by atoms with Gasteiger partial charge in [-0.05, 0) is 43.9 Å². The van der Waals surface area contributed by atoms with Crippen LogP contribution >= 0.6 is 0 Å². The monoisotopic (exact) mass is 210 g/mol. The van der Waals surface area contributed by atoms with Crippen LogP contribution in [-0.4, -0.2) is 0 Å². The van der Waals surface area contributed by atoms with E-state index in [0.717, 1.165) is 0 Å². The van der Waals surface area contributed by atoms with Crippen LogP contribution in [0.25, 0.3) is 0 Å². The summed E-state index contributed by atoms with van der Waals surface area (Å²) in [5.41, 5.74) is 4.20. The molecule has 0 radical (unpaired) electrons. The number of hydrogen-bond donors (Lipinski definition) is 0. The van der Waals surface area contributed by atoms with E-state index in [9.17, 15) is 0 Å². The van der Waals surface area contributed by atoms with Crippen LogP contribution in [0.5, 0.6) is 0 Å². The van der Waals surface area contributed by atoms with Crippen molar-refractivity contribution in [1.29, 1.82) is 0 Å². The zero-order valence-corrected chi connectivity index (χ0v) is 12.1. The van der Waals surface area contributed by atoms with E-state index in [1.807, 2.05) is 13.8 Å². The first kappa shape index (κ1) is 14.7. The quantitative estimate of drug-likeness (QED) is 0.495. The Balaban J connectivity index is 0.000000921. The molecule has 1 aliphatic rings. The lowest BCUT2D eigenvalue weighted by Crippen LogP contribution is -2.30. The summed E-state index contributed by atoms with van der Waals surface area (Å²) in [6.07, 6.45) is 3.99. The van der Waals surface area contributed by atoms with E-state index in [2.05, 4.69) is 41.5 Å². The van der Waals surface area contributed by atoms with Crippen molar-refractivity contribution in [2.75, 3.05) is 0 Å². The van der Waals surface area contributed by atoms with Gasteiger partial charge in [-0.3, -0.25) is 0 Å². The fraction of sp³-hybridized carbons (Fsp3) is 0.867. The highest BCUT2D eigenvalue weighted by Crippen LogP contribution is 2.49. The molecule has 0 fully saturated rings. The van der Waals surface area contributed by atoms with E-state index in [0.29, 0.717) is 10.8 Å². The molecule has 0 nitrogen and oxygen atoms in total. The first-order chi connectivity index (χ1) is 6.83. The van der Waals surface area contributed by atoms with Crippen LogP contribution in [0.2, 0.25) is 0 Å².